The number of carbonyl (C=O) groups is 2. The van der Waals surface area contributed by atoms with Crippen molar-refractivity contribution >= 4 is 11.8 Å². The molecule has 0 atom stereocenters. The lowest BCUT2D eigenvalue weighted by Gasteiger charge is -2.19. The van der Waals surface area contributed by atoms with Gasteiger partial charge in [0.2, 0.25) is 0 Å². The van der Waals surface area contributed by atoms with Crippen LogP contribution in [-0.2, 0) is 13.0 Å². The van der Waals surface area contributed by atoms with Gasteiger partial charge in [-0.25, -0.2) is 4.98 Å². The molecular weight excluding hydrogens is 292 g/mol. The Morgan fingerprint density at radius 3 is 2.52 bits per heavy atom. The van der Waals surface area contributed by atoms with Gasteiger partial charge in [-0.05, 0) is 38.0 Å². The quantitative estimate of drug-likeness (QED) is 0.921. The molecule has 2 aliphatic heterocycles. The summed E-state index contributed by atoms with van der Waals surface area (Å²) in [6.45, 7) is 7.14. The summed E-state index contributed by atoms with van der Waals surface area (Å²) in [5.41, 5.74) is 1.38. The normalized spacial score (nSPS) is 17.4. The summed E-state index contributed by atoms with van der Waals surface area (Å²) in [6, 6.07) is 0. The van der Waals surface area contributed by atoms with E-state index in [2.05, 4.69) is 24.1 Å². The molecule has 0 unspecified atom stereocenters. The Bertz CT molecular complexity index is 600. The highest BCUT2D eigenvalue weighted by molar-refractivity contribution is 5.97. The summed E-state index contributed by atoms with van der Waals surface area (Å²) < 4.78 is 1.98. The van der Waals surface area contributed by atoms with Gasteiger partial charge in [-0.2, -0.15) is 0 Å². The number of amides is 2. The lowest BCUT2D eigenvalue weighted by atomic mass is 10.1. The third-order valence-electron chi connectivity index (χ3n) is 4.59. The van der Waals surface area contributed by atoms with Crippen LogP contribution >= 0.6 is 0 Å². The summed E-state index contributed by atoms with van der Waals surface area (Å²) >= 11 is 0. The molecule has 1 fully saturated rings. The van der Waals surface area contributed by atoms with Gasteiger partial charge in [-0.1, -0.05) is 13.8 Å². The first-order chi connectivity index (χ1) is 11.1. The SMILES string of the molecule is CC(C)CNC(=O)c1nc(C(=O)N2CCCC2)n2c1CCCC2. The zero-order chi connectivity index (χ0) is 16.4. The third kappa shape index (κ3) is 3.26. The minimum atomic E-state index is -0.148. The van der Waals surface area contributed by atoms with Crippen LogP contribution in [0.3, 0.4) is 0 Å². The van der Waals surface area contributed by atoms with E-state index in [1.54, 1.807) is 0 Å². The number of nitrogens with one attached hydrogen (secondary N) is 1. The van der Waals surface area contributed by atoms with E-state index in [0.717, 1.165) is 57.4 Å². The van der Waals surface area contributed by atoms with Crippen LogP contribution in [-0.4, -0.2) is 45.9 Å². The highest BCUT2D eigenvalue weighted by atomic mass is 16.2. The van der Waals surface area contributed by atoms with Crippen molar-refractivity contribution < 1.29 is 9.59 Å². The Kier molecular flexibility index (Phi) is 4.68. The highest BCUT2D eigenvalue weighted by Gasteiger charge is 2.30. The van der Waals surface area contributed by atoms with Gasteiger partial charge >= 0.3 is 0 Å². The van der Waals surface area contributed by atoms with Crippen LogP contribution in [0.4, 0.5) is 0 Å². The molecule has 23 heavy (non-hydrogen) atoms. The van der Waals surface area contributed by atoms with E-state index >= 15 is 0 Å². The van der Waals surface area contributed by atoms with Gasteiger partial charge in [-0.3, -0.25) is 9.59 Å². The van der Waals surface area contributed by atoms with Crippen molar-refractivity contribution in [3.8, 4) is 0 Å². The van der Waals surface area contributed by atoms with Crippen molar-refractivity contribution in [3.05, 3.63) is 17.2 Å². The molecule has 2 amide bonds. The molecule has 1 saturated heterocycles. The minimum Gasteiger partial charge on any atom is -0.350 e. The maximum Gasteiger partial charge on any atom is 0.289 e. The smallest absolute Gasteiger partial charge is 0.289 e. The third-order valence-corrected chi connectivity index (χ3v) is 4.59. The topological polar surface area (TPSA) is 67.2 Å². The average Bonchev–Trinajstić information content (AvgIpc) is 3.19. The van der Waals surface area contributed by atoms with Crippen molar-refractivity contribution in [2.45, 2.75) is 52.5 Å². The summed E-state index contributed by atoms with van der Waals surface area (Å²) in [6.07, 6.45) is 5.02. The maximum absolute atomic E-state index is 12.7. The molecule has 1 N–H and O–H groups in total. The average molecular weight is 318 g/mol. The largest absolute Gasteiger partial charge is 0.350 e. The van der Waals surface area contributed by atoms with Crippen LogP contribution in [0.25, 0.3) is 0 Å². The lowest BCUT2D eigenvalue weighted by Crippen LogP contribution is -2.31. The zero-order valence-corrected chi connectivity index (χ0v) is 14.1. The molecule has 0 aromatic carbocycles. The van der Waals surface area contributed by atoms with Gasteiger partial charge in [0, 0.05) is 26.2 Å². The zero-order valence-electron chi connectivity index (χ0n) is 14.1. The van der Waals surface area contributed by atoms with Crippen molar-refractivity contribution in [3.63, 3.8) is 0 Å². The van der Waals surface area contributed by atoms with Gasteiger partial charge in [0.15, 0.2) is 5.82 Å². The van der Waals surface area contributed by atoms with Gasteiger partial charge in [0.25, 0.3) is 11.8 Å². The number of hydrogen-bond donors (Lipinski definition) is 1. The number of rotatable bonds is 4. The van der Waals surface area contributed by atoms with E-state index in [0.29, 0.717) is 24.0 Å². The molecule has 126 valence electrons. The first kappa shape index (κ1) is 16.0. The summed E-state index contributed by atoms with van der Waals surface area (Å²) in [7, 11) is 0. The Labute approximate surface area is 137 Å². The molecular formula is C17H26N4O2. The molecule has 0 aliphatic carbocycles. The van der Waals surface area contributed by atoms with Crippen molar-refractivity contribution in [1.82, 2.24) is 19.8 Å². The number of aromatic nitrogens is 2. The standard InChI is InChI=1S/C17H26N4O2/c1-12(2)11-18-16(22)14-13-7-3-4-10-21(13)15(19-14)17(23)20-8-5-6-9-20/h12H,3-11H2,1-2H3,(H,18,22). The molecule has 0 bridgehead atoms. The van der Waals surface area contributed by atoms with Gasteiger partial charge < -0.3 is 14.8 Å². The first-order valence-electron chi connectivity index (χ1n) is 8.75. The molecule has 3 heterocycles. The van der Waals surface area contributed by atoms with E-state index in [-0.39, 0.29) is 11.8 Å². The summed E-state index contributed by atoms with van der Waals surface area (Å²) in [5.74, 6) is 0.678. The van der Waals surface area contributed by atoms with E-state index < -0.39 is 0 Å². The fraction of sp³-hybridized carbons (Fsp3) is 0.706. The summed E-state index contributed by atoms with van der Waals surface area (Å²) in [4.78, 5) is 31.5. The van der Waals surface area contributed by atoms with Gasteiger partial charge in [-0.15, -0.1) is 0 Å². The highest BCUT2D eigenvalue weighted by Crippen LogP contribution is 2.23. The Morgan fingerprint density at radius 2 is 1.83 bits per heavy atom. The van der Waals surface area contributed by atoms with Gasteiger partial charge in [0.05, 0.1) is 5.69 Å². The maximum atomic E-state index is 12.7. The first-order valence-corrected chi connectivity index (χ1v) is 8.75. The number of likely N-dealkylation sites (tertiary alicyclic amines) is 1. The van der Waals surface area contributed by atoms with E-state index in [4.69, 9.17) is 0 Å². The molecule has 1 aromatic rings. The van der Waals surface area contributed by atoms with Crippen LogP contribution in [0.2, 0.25) is 0 Å². The van der Waals surface area contributed by atoms with Crippen LogP contribution in [0, 0.1) is 5.92 Å². The Morgan fingerprint density at radius 1 is 1.13 bits per heavy atom. The number of hydrogen-bond acceptors (Lipinski definition) is 3. The van der Waals surface area contributed by atoms with E-state index in [1.165, 1.54) is 0 Å². The lowest BCUT2D eigenvalue weighted by molar-refractivity contribution is 0.0774. The van der Waals surface area contributed by atoms with Crippen molar-refractivity contribution in [1.29, 1.82) is 0 Å². The Hall–Kier alpha value is -1.85. The van der Waals surface area contributed by atoms with Crippen LogP contribution in [0.1, 0.15) is 66.3 Å². The predicted molar refractivity (Wildman–Crippen MR) is 87.5 cm³/mol. The summed E-state index contributed by atoms with van der Waals surface area (Å²) in [5, 5.41) is 2.93. The van der Waals surface area contributed by atoms with E-state index in [1.807, 2.05) is 9.47 Å². The monoisotopic (exact) mass is 318 g/mol. The van der Waals surface area contributed by atoms with E-state index in [9.17, 15) is 9.59 Å². The molecule has 3 rings (SSSR count). The molecule has 1 aromatic heterocycles. The van der Waals surface area contributed by atoms with Gasteiger partial charge in [0.1, 0.15) is 5.69 Å². The number of fused-ring (bicyclic) bond motifs is 1. The predicted octanol–water partition coefficient (Wildman–Crippen LogP) is 1.84. The number of imidazole rings is 1. The molecule has 0 radical (unpaired) electrons. The Balaban J connectivity index is 1.88. The fourth-order valence-corrected chi connectivity index (χ4v) is 3.33. The van der Waals surface area contributed by atoms with Crippen LogP contribution in [0.15, 0.2) is 0 Å². The van der Waals surface area contributed by atoms with Crippen molar-refractivity contribution in [2.75, 3.05) is 19.6 Å². The minimum absolute atomic E-state index is 0.0199. The van der Waals surface area contributed by atoms with Crippen molar-refractivity contribution in [2.24, 2.45) is 5.92 Å². The molecule has 0 saturated carbocycles. The van der Waals surface area contributed by atoms with Crippen LogP contribution in [0.5, 0.6) is 0 Å². The molecule has 6 heteroatoms. The molecule has 6 nitrogen and oxygen atoms in total. The fourth-order valence-electron chi connectivity index (χ4n) is 3.33. The molecule has 0 spiro atoms. The number of carbonyl (C=O) groups excluding carboxylic acids is 2. The molecule has 2 aliphatic rings. The second-order valence-corrected chi connectivity index (χ2v) is 6.94. The number of nitrogens with zero attached hydrogens (tertiary/aromatic N) is 3. The van der Waals surface area contributed by atoms with Crippen LogP contribution < -0.4 is 5.32 Å². The second kappa shape index (κ2) is 6.72. The second-order valence-electron chi connectivity index (χ2n) is 6.94.